The van der Waals surface area contributed by atoms with Gasteiger partial charge >= 0.3 is 0 Å². The van der Waals surface area contributed by atoms with Crippen LogP contribution in [-0.4, -0.2) is 36.6 Å². The van der Waals surface area contributed by atoms with Crippen molar-refractivity contribution < 1.29 is 0 Å². The van der Waals surface area contributed by atoms with E-state index in [0.717, 1.165) is 29.8 Å². The summed E-state index contributed by atoms with van der Waals surface area (Å²) in [6.45, 7) is 4.02. The van der Waals surface area contributed by atoms with E-state index in [2.05, 4.69) is 10.2 Å². The van der Waals surface area contributed by atoms with Crippen LogP contribution in [0.3, 0.4) is 0 Å². The summed E-state index contributed by atoms with van der Waals surface area (Å²) in [6, 6.07) is 1.79. The Kier molecular flexibility index (Phi) is 2.69. The predicted molar refractivity (Wildman–Crippen MR) is 69.9 cm³/mol. The maximum Gasteiger partial charge on any atom is 0.0207 e. The summed E-state index contributed by atoms with van der Waals surface area (Å²) in [7, 11) is 0. The van der Waals surface area contributed by atoms with Gasteiger partial charge in [0.15, 0.2) is 0 Å². The van der Waals surface area contributed by atoms with Crippen molar-refractivity contribution in [2.75, 3.05) is 19.6 Å². The summed E-state index contributed by atoms with van der Waals surface area (Å²) in [4.78, 5) is 2.72. The van der Waals surface area contributed by atoms with Gasteiger partial charge < -0.3 is 5.32 Å². The van der Waals surface area contributed by atoms with E-state index in [1.165, 1.54) is 51.7 Å². The van der Waals surface area contributed by atoms with Gasteiger partial charge in [-0.05, 0) is 62.8 Å². The zero-order valence-electron chi connectivity index (χ0n) is 10.9. The first-order valence-corrected chi connectivity index (χ1v) is 7.86. The van der Waals surface area contributed by atoms with Crippen molar-refractivity contribution in [2.24, 2.45) is 17.8 Å². The van der Waals surface area contributed by atoms with Gasteiger partial charge in [0.25, 0.3) is 0 Å². The van der Waals surface area contributed by atoms with Crippen LogP contribution >= 0.6 is 0 Å². The average Bonchev–Trinajstić information content (AvgIpc) is 2.80. The van der Waals surface area contributed by atoms with Crippen LogP contribution in [0.2, 0.25) is 0 Å². The molecule has 4 atom stereocenters. The lowest BCUT2D eigenvalue weighted by molar-refractivity contribution is 0.291. The van der Waals surface area contributed by atoms with E-state index >= 15 is 0 Å². The molecule has 2 nitrogen and oxygen atoms in total. The Labute approximate surface area is 105 Å². The minimum atomic E-state index is 0.815. The molecule has 2 heteroatoms. The molecule has 0 radical (unpaired) electrons. The van der Waals surface area contributed by atoms with E-state index in [0.29, 0.717) is 0 Å². The van der Waals surface area contributed by atoms with Crippen LogP contribution in [0.1, 0.15) is 44.9 Å². The highest BCUT2D eigenvalue weighted by Gasteiger charge is 2.40. The number of nitrogens with zero attached hydrogens (tertiary/aromatic N) is 1. The molecule has 0 aromatic heterocycles. The number of rotatable bonds is 4. The highest BCUT2D eigenvalue weighted by Crippen LogP contribution is 2.48. The fourth-order valence-corrected chi connectivity index (χ4v) is 4.67. The number of likely N-dealkylation sites (tertiary alicyclic amines) is 1. The Morgan fingerprint density at radius 3 is 2.65 bits per heavy atom. The Morgan fingerprint density at radius 1 is 1.00 bits per heavy atom. The van der Waals surface area contributed by atoms with Gasteiger partial charge in [-0.1, -0.05) is 6.42 Å². The number of fused-ring (bicyclic) bond motifs is 2. The van der Waals surface area contributed by atoms with Crippen molar-refractivity contribution in [3.05, 3.63) is 0 Å². The number of nitrogens with one attached hydrogen (secondary N) is 1. The van der Waals surface area contributed by atoms with Crippen LogP contribution in [0.15, 0.2) is 0 Å². The summed E-state index contributed by atoms with van der Waals surface area (Å²) in [5.41, 5.74) is 0. The molecule has 3 aliphatic carbocycles. The molecule has 0 amide bonds. The Balaban J connectivity index is 1.23. The Bertz CT molecular complexity index is 287. The molecule has 0 spiro atoms. The molecule has 96 valence electrons. The summed E-state index contributed by atoms with van der Waals surface area (Å²) in [5, 5.41) is 3.88. The average molecular weight is 234 g/mol. The van der Waals surface area contributed by atoms with Crippen LogP contribution in [0.5, 0.6) is 0 Å². The van der Waals surface area contributed by atoms with Crippen LogP contribution in [0.4, 0.5) is 0 Å². The van der Waals surface area contributed by atoms with Gasteiger partial charge in [-0.2, -0.15) is 0 Å². The second-order valence-electron chi connectivity index (χ2n) is 7.05. The first-order valence-electron chi connectivity index (χ1n) is 7.86. The second-order valence-corrected chi connectivity index (χ2v) is 7.05. The van der Waals surface area contributed by atoms with E-state index in [9.17, 15) is 0 Å². The van der Waals surface area contributed by atoms with Crippen molar-refractivity contribution >= 4 is 0 Å². The standard InChI is InChI=1S/C15H26N2/c1-2-12-7-11(1)8-13(12)9-16-14-5-6-17(10-14)15-3-4-15/h11-16H,1-10H2. The minimum absolute atomic E-state index is 0.815. The third kappa shape index (κ3) is 2.15. The van der Waals surface area contributed by atoms with Crippen molar-refractivity contribution in [3.63, 3.8) is 0 Å². The van der Waals surface area contributed by atoms with E-state index in [1.807, 2.05) is 0 Å². The van der Waals surface area contributed by atoms with Crippen molar-refractivity contribution in [3.8, 4) is 0 Å². The quantitative estimate of drug-likeness (QED) is 0.802. The highest BCUT2D eigenvalue weighted by atomic mass is 15.2. The highest BCUT2D eigenvalue weighted by molar-refractivity contribution is 4.94. The first kappa shape index (κ1) is 10.8. The minimum Gasteiger partial charge on any atom is -0.312 e. The number of hydrogen-bond acceptors (Lipinski definition) is 2. The molecular weight excluding hydrogens is 208 g/mol. The van der Waals surface area contributed by atoms with E-state index in [1.54, 1.807) is 12.8 Å². The van der Waals surface area contributed by atoms with Crippen LogP contribution < -0.4 is 5.32 Å². The zero-order valence-corrected chi connectivity index (χ0v) is 10.9. The van der Waals surface area contributed by atoms with E-state index in [4.69, 9.17) is 0 Å². The lowest BCUT2D eigenvalue weighted by Crippen LogP contribution is -2.37. The normalized spacial score (nSPS) is 45.9. The third-order valence-electron chi connectivity index (χ3n) is 5.84. The summed E-state index contributed by atoms with van der Waals surface area (Å²) < 4.78 is 0. The summed E-state index contributed by atoms with van der Waals surface area (Å²) in [6.07, 6.45) is 10.5. The largest absolute Gasteiger partial charge is 0.312 e. The van der Waals surface area contributed by atoms with E-state index in [-0.39, 0.29) is 0 Å². The molecule has 3 saturated carbocycles. The second kappa shape index (κ2) is 4.24. The predicted octanol–water partition coefficient (Wildman–Crippen LogP) is 2.25. The Morgan fingerprint density at radius 2 is 1.94 bits per heavy atom. The molecule has 4 fully saturated rings. The lowest BCUT2D eigenvalue weighted by Gasteiger charge is -2.24. The lowest BCUT2D eigenvalue weighted by atomic mass is 9.88. The molecule has 4 unspecified atom stereocenters. The first-order chi connectivity index (χ1) is 8.38. The molecule has 0 aromatic carbocycles. The molecule has 1 N–H and O–H groups in total. The van der Waals surface area contributed by atoms with Gasteiger partial charge in [-0.15, -0.1) is 0 Å². The zero-order chi connectivity index (χ0) is 11.2. The molecule has 17 heavy (non-hydrogen) atoms. The molecule has 1 aliphatic heterocycles. The summed E-state index contributed by atoms with van der Waals surface area (Å²) in [5.74, 6) is 3.23. The van der Waals surface area contributed by atoms with Crippen molar-refractivity contribution in [1.29, 1.82) is 0 Å². The SMILES string of the molecule is C1CC2CC1CC2CNC1CCN(C2CC2)C1. The smallest absolute Gasteiger partial charge is 0.0207 e. The van der Waals surface area contributed by atoms with Gasteiger partial charge in [-0.3, -0.25) is 4.90 Å². The van der Waals surface area contributed by atoms with Crippen molar-refractivity contribution in [2.45, 2.75) is 57.0 Å². The van der Waals surface area contributed by atoms with Crippen LogP contribution in [-0.2, 0) is 0 Å². The van der Waals surface area contributed by atoms with Gasteiger partial charge in [-0.25, -0.2) is 0 Å². The molecule has 0 aromatic rings. The molecule has 4 rings (SSSR count). The molecule has 2 bridgehead atoms. The van der Waals surface area contributed by atoms with Crippen LogP contribution in [0, 0.1) is 17.8 Å². The summed E-state index contributed by atoms with van der Waals surface area (Å²) >= 11 is 0. The maximum absolute atomic E-state index is 3.88. The van der Waals surface area contributed by atoms with Crippen LogP contribution in [0.25, 0.3) is 0 Å². The van der Waals surface area contributed by atoms with Crippen molar-refractivity contribution in [1.82, 2.24) is 10.2 Å². The molecule has 4 aliphatic rings. The maximum atomic E-state index is 3.88. The van der Waals surface area contributed by atoms with Gasteiger partial charge in [0.05, 0.1) is 0 Å². The molecular formula is C15H26N2. The molecule has 1 heterocycles. The fourth-order valence-electron chi connectivity index (χ4n) is 4.67. The monoisotopic (exact) mass is 234 g/mol. The molecule has 1 saturated heterocycles. The third-order valence-corrected chi connectivity index (χ3v) is 5.84. The fraction of sp³-hybridized carbons (Fsp3) is 1.00. The number of hydrogen-bond donors (Lipinski definition) is 1. The topological polar surface area (TPSA) is 15.3 Å². The van der Waals surface area contributed by atoms with E-state index < -0.39 is 0 Å². The van der Waals surface area contributed by atoms with Gasteiger partial charge in [0.1, 0.15) is 0 Å². The van der Waals surface area contributed by atoms with Gasteiger partial charge in [0.2, 0.25) is 0 Å². The Hall–Kier alpha value is -0.0800. The van der Waals surface area contributed by atoms with Gasteiger partial charge in [0, 0.05) is 25.2 Å².